The van der Waals surface area contributed by atoms with Gasteiger partial charge in [0, 0.05) is 16.2 Å². The number of benzene rings is 1. The van der Waals surface area contributed by atoms with Crippen molar-refractivity contribution in [1.82, 2.24) is 14.8 Å². The van der Waals surface area contributed by atoms with E-state index in [-0.39, 0.29) is 11.3 Å². The maximum Gasteiger partial charge on any atom is 0.356 e. The summed E-state index contributed by atoms with van der Waals surface area (Å²) in [4.78, 5) is 15.4. The van der Waals surface area contributed by atoms with Gasteiger partial charge in [-0.05, 0) is 46.3 Å². The molecule has 0 saturated carbocycles. The molecule has 0 saturated heterocycles. The van der Waals surface area contributed by atoms with E-state index < -0.39 is 11.8 Å². The van der Waals surface area contributed by atoms with Crippen LogP contribution in [0.5, 0.6) is 0 Å². The Morgan fingerprint density at radius 1 is 1.29 bits per heavy atom. The number of nitrogens with zero attached hydrogens (tertiary/aromatic N) is 4. The minimum absolute atomic E-state index is 0.0926. The van der Waals surface area contributed by atoms with E-state index in [0.29, 0.717) is 17.1 Å². The first-order valence-electron chi connectivity index (χ1n) is 6.65. The molecule has 0 aliphatic carbocycles. The number of carboxylic acid groups (broad SMARTS) is 1. The molecule has 0 radical (unpaired) electrons. The third kappa shape index (κ3) is 2.89. The number of hydrogen-bond acceptors (Lipinski definition) is 4. The second-order valence-electron chi connectivity index (χ2n) is 4.77. The van der Waals surface area contributed by atoms with Crippen LogP contribution in [0.25, 0.3) is 17.1 Å². The van der Waals surface area contributed by atoms with E-state index in [1.54, 1.807) is 24.4 Å². The fraction of sp³-hybridized carbons (Fsp3) is 0. The molecule has 6 nitrogen and oxygen atoms in total. The van der Waals surface area contributed by atoms with Crippen molar-refractivity contribution in [2.75, 3.05) is 0 Å². The highest BCUT2D eigenvalue weighted by molar-refractivity contribution is 9.10. The molecular formula is C16H8BrFN4O2. The van der Waals surface area contributed by atoms with E-state index in [1.807, 2.05) is 0 Å². The third-order valence-corrected chi connectivity index (χ3v) is 3.71. The first kappa shape index (κ1) is 15.8. The molecular weight excluding hydrogens is 379 g/mol. The lowest BCUT2D eigenvalue weighted by molar-refractivity contribution is 0.0690. The van der Waals surface area contributed by atoms with Crippen molar-refractivity contribution >= 4 is 21.9 Å². The molecule has 0 bridgehead atoms. The van der Waals surface area contributed by atoms with Gasteiger partial charge in [0.25, 0.3) is 0 Å². The van der Waals surface area contributed by atoms with Crippen molar-refractivity contribution < 1.29 is 14.3 Å². The van der Waals surface area contributed by atoms with E-state index in [1.165, 1.54) is 22.9 Å². The summed E-state index contributed by atoms with van der Waals surface area (Å²) in [5.74, 6) is -1.52. The zero-order valence-electron chi connectivity index (χ0n) is 11.9. The molecule has 2 aromatic heterocycles. The van der Waals surface area contributed by atoms with Gasteiger partial charge in [-0.2, -0.15) is 10.4 Å². The fourth-order valence-corrected chi connectivity index (χ4v) is 2.36. The number of rotatable bonds is 3. The Morgan fingerprint density at radius 2 is 2.08 bits per heavy atom. The Morgan fingerprint density at radius 3 is 2.67 bits per heavy atom. The average molecular weight is 387 g/mol. The standard InChI is InChI=1S/C16H8BrFN4O2/c17-11-3-4-15(20-8-11)22-14(6-13(21-22)16(23)24)9-1-2-10(7-19)12(18)5-9/h1-6,8H,(H,23,24). The number of hydrogen-bond donors (Lipinski definition) is 1. The highest BCUT2D eigenvalue weighted by atomic mass is 79.9. The first-order valence-corrected chi connectivity index (χ1v) is 7.44. The summed E-state index contributed by atoms with van der Waals surface area (Å²) >= 11 is 3.27. The number of pyridine rings is 1. The molecule has 0 atom stereocenters. The number of aromatic carboxylic acids is 1. The molecule has 3 rings (SSSR count). The molecule has 0 aliphatic rings. The topological polar surface area (TPSA) is 91.8 Å². The predicted octanol–water partition coefficient (Wildman–Crippen LogP) is 3.41. The number of aromatic nitrogens is 3. The summed E-state index contributed by atoms with van der Waals surface area (Å²) in [6.45, 7) is 0. The van der Waals surface area contributed by atoms with Gasteiger partial charge < -0.3 is 5.11 Å². The second-order valence-corrected chi connectivity index (χ2v) is 5.69. The van der Waals surface area contributed by atoms with Gasteiger partial charge in [-0.1, -0.05) is 6.07 Å². The smallest absolute Gasteiger partial charge is 0.356 e. The molecule has 0 unspecified atom stereocenters. The maximum atomic E-state index is 13.9. The van der Waals surface area contributed by atoms with Crippen LogP contribution in [0.3, 0.4) is 0 Å². The van der Waals surface area contributed by atoms with E-state index in [0.717, 1.165) is 10.5 Å². The van der Waals surface area contributed by atoms with Crippen LogP contribution in [-0.2, 0) is 0 Å². The molecule has 118 valence electrons. The molecule has 1 N–H and O–H groups in total. The lowest BCUT2D eigenvalue weighted by Gasteiger charge is -2.07. The van der Waals surface area contributed by atoms with Gasteiger partial charge in [0.15, 0.2) is 11.5 Å². The van der Waals surface area contributed by atoms with E-state index in [4.69, 9.17) is 5.26 Å². The van der Waals surface area contributed by atoms with Crippen LogP contribution in [0.4, 0.5) is 4.39 Å². The quantitative estimate of drug-likeness (QED) is 0.744. The summed E-state index contributed by atoms with van der Waals surface area (Å²) in [5.41, 5.74) is 0.450. The lowest BCUT2D eigenvalue weighted by atomic mass is 10.1. The molecule has 8 heteroatoms. The highest BCUT2D eigenvalue weighted by Gasteiger charge is 2.17. The summed E-state index contributed by atoms with van der Waals surface area (Å²) < 4.78 is 16.0. The molecule has 1 aromatic carbocycles. The number of halogens is 2. The van der Waals surface area contributed by atoms with Gasteiger partial charge in [0.2, 0.25) is 0 Å². The van der Waals surface area contributed by atoms with Crippen molar-refractivity contribution in [3.8, 4) is 23.1 Å². The van der Waals surface area contributed by atoms with Crippen molar-refractivity contribution in [3.05, 3.63) is 64.1 Å². The first-order chi connectivity index (χ1) is 11.5. The maximum absolute atomic E-state index is 13.9. The normalized spacial score (nSPS) is 10.4. The summed E-state index contributed by atoms with van der Waals surface area (Å²) in [7, 11) is 0. The molecule has 2 heterocycles. The van der Waals surface area contributed by atoms with Crippen molar-refractivity contribution in [2.24, 2.45) is 0 Å². The second kappa shape index (κ2) is 6.22. The van der Waals surface area contributed by atoms with Crippen LogP contribution >= 0.6 is 15.9 Å². The van der Waals surface area contributed by atoms with Gasteiger partial charge in [-0.3, -0.25) is 0 Å². The monoisotopic (exact) mass is 386 g/mol. The predicted molar refractivity (Wildman–Crippen MR) is 86.1 cm³/mol. The summed E-state index contributed by atoms with van der Waals surface area (Å²) in [6, 6.07) is 10.5. The Bertz CT molecular complexity index is 977. The van der Waals surface area contributed by atoms with Gasteiger partial charge in [0.1, 0.15) is 11.9 Å². The Balaban J connectivity index is 2.19. The van der Waals surface area contributed by atoms with Crippen LogP contribution in [-0.4, -0.2) is 25.8 Å². The van der Waals surface area contributed by atoms with E-state index in [9.17, 15) is 14.3 Å². The number of carbonyl (C=O) groups is 1. The van der Waals surface area contributed by atoms with Crippen LogP contribution < -0.4 is 0 Å². The minimum Gasteiger partial charge on any atom is -0.476 e. The van der Waals surface area contributed by atoms with Gasteiger partial charge in [0.05, 0.1) is 11.3 Å². The van der Waals surface area contributed by atoms with Crippen LogP contribution in [0.2, 0.25) is 0 Å². The van der Waals surface area contributed by atoms with Gasteiger partial charge >= 0.3 is 5.97 Å². The highest BCUT2D eigenvalue weighted by Crippen LogP contribution is 2.25. The molecule has 0 fully saturated rings. The number of nitriles is 1. The number of carboxylic acids is 1. The molecule has 0 spiro atoms. The summed E-state index contributed by atoms with van der Waals surface area (Å²) in [6.07, 6.45) is 1.54. The molecule has 0 aliphatic heterocycles. The van der Waals surface area contributed by atoms with Crippen molar-refractivity contribution in [1.29, 1.82) is 5.26 Å². The van der Waals surface area contributed by atoms with Crippen LogP contribution in [0, 0.1) is 17.1 Å². The molecule has 0 amide bonds. The van der Waals surface area contributed by atoms with Gasteiger partial charge in [-0.15, -0.1) is 0 Å². The van der Waals surface area contributed by atoms with Crippen molar-refractivity contribution in [3.63, 3.8) is 0 Å². The van der Waals surface area contributed by atoms with Crippen LogP contribution in [0.1, 0.15) is 16.1 Å². The average Bonchev–Trinajstić information content (AvgIpc) is 3.01. The Labute approximate surface area is 143 Å². The lowest BCUT2D eigenvalue weighted by Crippen LogP contribution is -2.04. The third-order valence-electron chi connectivity index (χ3n) is 3.24. The SMILES string of the molecule is N#Cc1ccc(-c2cc(C(=O)O)nn2-c2ccc(Br)cn2)cc1F. The fourth-order valence-electron chi connectivity index (χ4n) is 2.12. The largest absolute Gasteiger partial charge is 0.476 e. The van der Waals surface area contributed by atoms with Gasteiger partial charge in [-0.25, -0.2) is 18.9 Å². The van der Waals surface area contributed by atoms with E-state index >= 15 is 0 Å². The molecule has 24 heavy (non-hydrogen) atoms. The zero-order valence-corrected chi connectivity index (χ0v) is 13.5. The Kier molecular flexibility index (Phi) is 4.10. The summed E-state index contributed by atoms with van der Waals surface area (Å²) in [5, 5.41) is 22.0. The minimum atomic E-state index is -1.21. The van der Waals surface area contributed by atoms with E-state index in [2.05, 4.69) is 26.0 Å². The Hall–Kier alpha value is -3.05. The van der Waals surface area contributed by atoms with Crippen molar-refractivity contribution in [2.45, 2.75) is 0 Å². The van der Waals surface area contributed by atoms with Crippen LogP contribution in [0.15, 0.2) is 47.1 Å². The zero-order chi connectivity index (χ0) is 17.3. The molecule has 3 aromatic rings.